The highest BCUT2D eigenvalue weighted by molar-refractivity contribution is 7.85. The van der Waals surface area contributed by atoms with Gasteiger partial charge >= 0.3 is 0 Å². The summed E-state index contributed by atoms with van der Waals surface area (Å²) in [5.74, 6) is -0.130. The minimum absolute atomic E-state index is 0. The van der Waals surface area contributed by atoms with Crippen LogP contribution in [0.15, 0.2) is 0 Å². The van der Waals surface area contributed by atoms with Crippen LogP contribution in [0.5, 0.6) is 0 Å². The normalized spacial score (nSPS) is 10.7. The van der Waals surface area contributed by atoms with Crippen LogP contribution in [0.1, 0.15) is 12.8 Å². The van der Waals surface area contributed by atoms with Gasteiger partial charge in [-0.1, -0.05) is 0 Å². The van der Waals surface area contributed by atoms with E-state index in [9.17, 15) is 8.42 Å². The Bertz CT molecular complexity index is 167. The van der Waals surface area contributed by atoms with Crippen LogP contribution >= 0.6 is 0 Å². The predicted octanol–water partition coefficient (Wildman–Crippen LogP) is 0.0358. The average Bonchev–Trinajstić information content (AvgIpc) is 1.78. The topological polar surface area (TPSA) is 101 Å². The molecule has 5 nitrogen and oxygen atoms in total. The third kappa shape index (κ3) is 12.9. The Morgan fingerprint density at radius 2 is 1.91 bits per heavy atom. The summed E-state index contributed by atoms with van der Waals surface area (Å²) in [7, 11) is -1.93. The van der Waals surface area contributed by atoms with Crippen molar-refractivity contribution >= 4 is 10.1 Å². The van der Waals surface area contributed by atoms with Crippen molar-refractivity contribution in [3.8, 4) is 0 Å². The van der Waals surface area contributed by atoms with Gasteiger partial charge in [0, 0.05) is 0 Å². The molecule has 0 saturated heterocycles. The Hall–Kier alpha value is -0.170. The van der Waals surface area contributed by atoms with Crippen molar-refractivity contribution in [2.75, 3.05) is 19.3 Å². The Labute approximate surface area is 67.5 Å². The molecule has 0 saturated carbocycles. The zero-order valence-corrected chi connectivity index (χ0v) is 7.52. The summed E-state index contributed by atoms with van der Waals surface area (Å²) in [5, 5.41) is 2.88. The standard InChI is InChI=1S/C5H13NO3S.H3N/c1-6-4-2-3-5-10(7,8)9;/h6H,2-5H2,1H3,(H,7,8,9);1H3. The molecule has 0 amide bonds. The van der Waals surface area contributed by atoms with Crippen molar-refractivity contribution < 1.29 is 13.0 Å². The monoisotopic (exact) mass is 184 g/mol. The van der Waals surface area contributed by atoms with Crippen molar-refractivity contribution in [1.82, 2.24) is 11.5 Å². The highest BCUT2D eigenvalue weighted by Crippen LogP contribution is 1.91. The maximum atomic E-state index is 10.1. The number of unbranched alkanes of at least 4 members (excludes halogenated alkanes) is 1. The van der Waals surface area contributed by atoms with Crippen LogP contribution in [0.4, 0.5) is 0 Å². The SMILES string of the molecule is CNCCCCS(=O)(=O)O.N. The molecule has 0 aliphatic heterocycles. The van der Waals surface area contributed by atoms with E-state index in [-0.39, 0.29) is 11.9 Å². The average molecular weight is 184 g/mol. The molecular weight excluding hydrogens is 168 g/mol. The molecule has 0 atom stereocenters. The lowest BCUT2D eigenvalue weighted by molar-refractivity contribution is 0.479. The fourth-order valence-corrected chi connectivity index (χ4v) is 1.16. The maximum Gasteiger partial charge on any atom is 0.264 e. The third-order valence-corrected chi connectivity index (χ3v) is 1.88. The van der Waals surface area contributed by atoms with Gasteiger partial charge < -0.3 is 11.5 Å². The first-order valence-corrected chi connectivity index (χ1v) is 4.77. The lowest BCUT2D eigenvalue weighted by Crippen LogP contribution is -2.10. The van der Waals surface area contributed by atoms with E-state index >= 15 is 0 Å². The van der Waals surface area contributed by atoms with Gasteiger partial charge in [-0.3, -0.25) is 4.55 Å². The molecule has 0 bridgehead atoms. The van der Waals surface area contributed by atoms with Gasteiger partial charge in [0.25, 0.3) is 10.1 Å². The molecule has 70 valence electrons. The van der Waals surface area contributed by atoms with Crippen LogP contribution in [0.2, 0.25) is 0 Å². The molecule has 0 aromatic heterocycles. The first-order chi connectivity index (χ1) is 4.56. The first kappa shape index (κ1) is 13.4. The third-order valence-electron chi connectivity index (χ3n) is 1.08. The zero-order valence-electron chi connectivity index (χ0n) is 6.71. The van der Waals surface area contributed by atoms with Crippen LogP contribution in [0, 0.1) is 0 Å². The summed E-state index contributed by atoms with van der Waals surface area (Å²) in [6, 6.07) is 0. The molecular formula is C5H16N2O3S. The van der Waals surface area contributed by atoms with E-state index in [0.29, 0.717) is 6.42 Å². The molecule has 0 heterocycles. The van der Waals surface area contributed by atoms with Gasteiger partial charge in [0.2, 0.25) is 0 Å². The lowest BCUT2D eigenvalue weighted by Gasteiger charge is -1.96. The molecule has 0 rings (SSSR count). The molecule has 5 N–H and O–H groups in total. The lowest BCUT2D eigenvalue weighted by atomic mass is 10.3. The Morgan fingerprint density at radius 3 is 2.27 bits per heavy atom. The van der Waals surface area contributed by atoms with Crippen LogP contribution < -0.4 is 11.5 Å². The molecule has 0 unspecified atom stereocenters. The van der Waals surface area contributed by atoms with Gasteiger partial charge in [-0.15, -0.1) is 0 Å². The van der Waals surface area contributed by atoms with Gasteiger partial charge in [-0.2, -0.15) is 8.42 Å². The summed E-state index contributed by atoms with van der Waals surface area (Å²) < 4.78 is 28.5. The molecule has 6 heteroatoms. The van der Waals surface area contributed by atoms with Gasteiger partial charge in [0.15, 0.2) is 0 Å². The summed E-state index contributed by atoms with van der Waals surface area (Å²) in [4.78, 5) is 0. The van der Waals surface area contributed by atoms with E-state index < -0.39 is 10.1 Å². The second-order valence-electron chi connectivity index (χ2n) is 2.10. The summed E-state index contributed by atoms with van der Waals surface area (Å²) >= 11 is 0. The zero-order chi connectivity index (χ0) is 8.04. The molecule has 0 radical (unpaired) electrons. The first-order valence-electron chi connectivity index (χ1n) is 3.16. The van der Waals surface area contributed by atoms with Crippen LogP contribution in [-0.4, -0.2) is 32.3 Å². The fraction of sp³-hybridized carbons (Fsp3) is 1.00. The largest absolute Gasteiger partial charge is 0.344 e. The quantitative estimate of drug-likeness (QED) is 0.413. The molecule has 11 heavy (non-hydrogen) atoms. The van der Waals surface area contributed by atoms with Crippen molar-refractivity contribution in [3.05, 3.63) is 0 Å². The van der Waals surface area contributed by atoms with E-state index in [1.54, 1.807) is 7.05 Å². The number of hydrogen-bond acceptors (Lipinski definition) is 4. The van der Waals surface area contributed by atoms with Gasteiger partial charge in [-0.05, 0) is 26.4 Å². The Kier molecular flexibility index (Phi) is 7.97. The van der Waals surface area contributed by atoms with Crippen molar-refractivity contribution in [2.24, 2.45) is 0 Å². The van der Waals surface area contributed by atoms with Crippen molar-refractivity contribution in [2.45, 2.75) is 12.8 Å². The van der Waals surface area contributed by atoms with Crippen LogP contribution in [-0.2, 0) is 10.1 Å². The number of nitrogens with one attached hydrogen (secondary N) is 1. The highest BCUT2D eigenvalue weighted by Gasteiger charge is 2.01. The molecule has 0 spiro atoms. The second-order valence-corrected chi connectivity index (χ2v) is 3.67. The smallest absolute Gasteiger partial charge is 0.264 e. The van der Waals surface area contributed by atoms with E-state index in [2.05, 4.69) is 5.32 Å². The molecule has 0 aromatic rings. The van der Waals surface area contributed by atoms with Crippen molar-refractivity contribution in [1.29, 1.82) is 0 Å². The fourth-order valence-electron chi connectivity index (χ4n) is 0.586. The van der Waals surface area contributed by atoms with E-state index in [0.717, 1.165) is 13.0 Å². The summed E-state index contributed by atoms with van der Waals surface area (Å²) in [6.07, 6.45) is 1.29. The molecule has 0 aromatic carbocycles. The Balaban J connectivity index is 0. The molecule has 0 aliphatic rings. The highest BCUT2D eigenvalue weighted by atomic mass is 32.2. The number of rotatable bonds is 5. The van der Waals surface area contributed by atoms with Gasteiger partial charge in [0.1, 0.15) is 0 Å². The van der Waals surface area contributed by atoms with Crippen LogP contribution in [0.3, 0.4) is 0 Å². The van der Waals surface area contributed by atoms with E-state index in [1.165, 1.54) is 0 Å². The van der Waals surface area contributed by atoms with E-state index in [1.807, 2.05) is 0 Å². The van der Waals surface area contributed by atoms with Gasteiger partial charge in [-0.25, -0.2) is 0 Å². The second kappa shape index (κ2) is 6.53. The predicted molar refractivity (Wildman–Crippen MR) is 44.6 cm³/mol. The molecule has 0 aliphatic carbocycles. The minimum Gasteiger partial charge on any atom is -0.344 e. The van der Waals surface area contributed by atoms with E-state index in [4.69, 9.17) is 4.55 Å². The minimum atomic E-state index is -3.73. The summed E-state index contributed by atoms with van der Waals surface area (Å²) in [5.41, 5.74) is 0. The maximum absolute atomic E-state index is 10.1. The molecule has 0 fully saturated rings. The number of hydrogen-bond donors (Lipinski definition) is 3. The van der Waals surface area contributed by atoms with Gasteiger partial charge in [0.05, 0.1) is 5.75 Å². The summed E-state index contributed by atoms with van der Waals surface area (Å²) in [6.45, 7) is 0.787. The Morgan fingerprint density at radius 1 is 1.36 bits per heavy atom. The van der Waals surface area contributed by atoms with Crippen LogP contribution in [0.25, 0.3) is 0 Å². The van der Waals surface area contributed by atoms with Crippen molar-refractivity contribution in [3.63, 3.8) is 0 Å².